The second-order valence-electron chi connectivity index (χ2n) is 3.00. The Balaban J connectivity index is 2.39. The molecule has 0 aliphatic heterocycles. The molecule has 0 aromatic rings. The van der Waals surface area contributed by atoms with Gasteiger partial charge in [-0.1, -0.05) is 19.1 Å². The molecule has 0 spiro atoms. The van der Waals surface area contributed by atoms with Crippen LogP contribution in [0.1, 0.15) is 19.8 Å². The summed E-state index contributed by atoms with van der Waals surface area (Å²) in [6, 6.07) is 0. The Morgan fingerprint density at radius 3 is 2.89 bits per heavy atom. The summed E-state index contributed by atoms with van der Waals surface area (Å²) in [6.45, 7) is 3.10. The van der Waals surface area contributed by atoms with Crippen LogP contribution < -0.4 is 5.73 Å². The highest BCUT2D eigenvalue weighted by Gasteiger charge is 2.11. The Bertz CT molecular complexity index is 107. The van der Waals surface area contributed by atoms with Gasteiger partial charge < -0.3 is 5.73 Å². The van der Waals surface area contributed by atoms with Crippen molar-refractivity contribution in [3.8, 4) is 0 Å². The first kappa shape index (κ1) is 6.81. The first-order valence-corrected chi connectivity index (χ1v) is 3.69. The summed E-state index contributed by atoms with van der Waals surface area (Å²) in [5, 5.41) is 0. The maximum absolute atomic E-state index is 5.51. The van der Waals surface area contributed by atoms with E-state index in [0.29, 0.717) is 5.92 Å². The molecule has 1 nitrogen and oxygen atoms in total. The third-order valence-corrected chi connectivity index (χ3v) is 1.95. The lowest BCUT2D eigenvalue weighted by Gasteiger charge is -2.19. The fourth-order valence-electron chi connectivity index (χ4n) is 1.37. The molecule has 0 aromatic heterocycles. The van der Waals surface area contributed by atoms with Crippen LogP contribution in [0.4, 0.5) is 0 Å². The second-order valence-corrected chi connectivity index (χ2v) is 3.00. The van der Waals surface area contributed by atoms with Gasteiger partial charge in [0.25, 0.3) is 0 Å². The van der Waals surface area contributed by atoms with Gasteiger partial charge in [0, 0.05) is 0 Å². The molecule has 1 aliphatic carbocycles. The molecule has 2 N–H and O–H groups in total. The molecule has 9 heavy (non-hydrogen) atoms. The van der Waals surface area contributed by atoms with E-state index in [1.807, 2.05) is 0 Å². The normalized spacial score (nSPS) is 34.9. The van der Waals surface area contributed by atoms with E-state index in [9.17, 15) is 0 Å². The minimum Gasteiger partial charge on any atom is -0.330 e. The highest BCUT2D eigenvalue weighted by Crippen LogP contribution is 2.21. The van der Waals surface area contributed by atoms with E-state index in [1.165, 1.54) is 12.8 Å². The van der Waals surface area contributed by atoms with E-state index in [1.54, 1.807) is 0 Å². The van der Waals surface area contributed by atoms with Gasteiger partial charge in [0.15, 0.2) is 0 Å². The minimum absolute atomic E-state index is 0.661. The van der Waals surface area contributed by atoms with E-state index >= 15 is 0 Å². The van der Waals surface area contributed by atoms with Crippen molar-refractivity contribution in [2.24, 2.45) is 17.6 Å². The third-order valence-electron chi connectivity index (χ3n) is 1.95. The Labute approximate surface area is 56.9 Å². The van der Waals surface area contributed by atoms with Crippen LogP contribution >= 0.6 is 0 Å². The van der Waals surface area contributed by atoms with Crippen LogP contribution in [0.5, 0.6) is 0 Å². The molecule has 0 amide bonds. The van der Waals surface area contributed by atoms with Gasteiger partial charge in [-0.25, -0.2) is 0 Å². The van der Waals surface area contributed by atoms with Crippen molar-refractivity contribution in [1.82, 2.24) is 0 Å². The average Bonchev–Trinajstić information content (AvgIpc) is 1.88. The van der Waals surface area contributed by atoms with Crippen LogP contribution in [-0.4, -0.2) is 6.54 Å². The summed E-state index contributed by atoms with van der Waals surface area (Å²) in [5.41, 5.74) is 5.51. The Kier molecular flexibility index (Phi) is 2.29. The lowest BCUT2D eigenvalue weighted by atomic mass is 9.88. The molecule has 0 saturated heterocycles. The molecule has 1 rings (SSSR count). The molecule has 2 atom stereocenters. The molecule has 0 fully saturated rings. The maximum atomic E-state index is 5.51. The number of hydrogen-bond acceptors (Lipinski definition) is 1. The zero-order chi connectivity index (χ0) is 6.69. The van der Waals surface area contributed by atoms with E-state index < -0.39 is 0 Å². The highest BCUT2D eigenvalue weighted by atomic mass is 14.5. The van der Waals surface area contributed by atoms with E-state index in [-0.39, 0.29) is 0 Å². The molecular formula is C8H15N. The minimum atomic E-state index is 0.661. The molecule has 1 aliphatic rings. The van der Waals surface area contributed by atoms with Crippen LogP contribution in [0.15, 0.2) is 12.2 Å². The molecule has 0 heterocycles. The number of hydrogen-bond donors (Lipinski definition) is 1. The highest BCUT2D eigenvalue weighted by molar-refractivity contribution is 4.95. The standard InChI is InChI=1S/C8H15N/c1-7-3-2-4-8(5-7)6-9/h2,4,7-8H,3,5-6,9H2,1H3. The van der Waals surface area contributed by atoms with Crippen molar-refractivity contribution in [2.45, 2.75) is 19.8 Å². The second kappa shape index (κ2) is 3.02. The predicted molar refractivity (Wildman–Crippen MR) is 40.1 cm³/mol. The van der Waals surface area contributed by atoms with E-state index in [4.69, 9.17) is 5.73 Å². The molecule has 0 bridgehead atoms. The Morgan fingerprint density at radius 2 is 2.44 bits per heavy atom. The van der Waals surface area contributed by atoms with Gasteiger partial charge >= 0.3 is 0 Å². The zero-order valence-electron chi connectivity index (χ0n) is 6.01. The lowest BCUT2D eigenvalue weighted by molar-refractivity contribution is 0.433. The summed E-state index contributed by atoms with van der Waals surface area (Å²) in [4.78, 5) is 0. The smallest absolute Gasteiger partial charge is 0.00141 e. The summed E-state index contributed by atoms with van der Waals surface area (Å²) in [6.07, 6.45) is 7.04. The summed E-state index contributed by atoms with van der Waals surface area (Å²) in [5.74, 6) is 1.51. The molecule has 1 heteroatoms. The van der Waals surface area contributed by atoms with Crippen molar-refractivity contribution in [2.75, 3.05) is 6.54 Å². The van der Waals surface area contributed by atoms with Crippen molar-refractivity contribution < 1.29 is 0 Å². The lowest BCUT2D eigenvalue weighted by Crippen LogP contribution is -2.17. The van der Waals surface area contributed by atoms with Crippen LogP contribution in [0, 0.1) is 11.8 Å². The monoisotopic (exact) mass is 125 g/mol. The van der Waals surface area contributed by atoms with Crippen LogP contribution in [0.2, 0.25) is 0 Å². The number of allylic oxidation sites excluding steroid dienone is 1. The molecule has 52 valence electrons. The number of nitrogens with two attached hydrogens (primary N) is 1. The SMILES string of the molecule is CC1CC=CC(CN)C1. The quantitative estimate of drug-likeness (QED) is 0.529. The van der Waals surface area contributed by atoms with Gasteiger partial charge in [0.1, 0.15) is 0 Å². The fourth-order valence-corrected chi connectivity index (χ4v) is 1.37. The van der Waals surface area contributed by atoms with Gasteiger partial charge in [0.05, 0.1) is 0 Å². The summed E-state index contributed by atoms with van der Waals surface area (Å²) >= 11 is 0. The first-order chi connectivity index (χ1) is 4.33. The maximum Gasteiger partial charge on any atom is -0.00141 e. The van der Waals surface area contributed by atoms with E-state index in [0.717, 1.165) is 12.5 Å². The predicted octanol–water partition coefficient (Wildman–Crippen LogP) is 1.55. The van der Waals surface area contributed by atoms with Crippen LogP contribution in [-0.2, 0) is 0 Å². The largest absolute Gasteiger partial charge is 0.330 e. The van der Waals surface area contributed by atoms with Gasteiger partial charge in [0.2, 0.25) is 0 Å². The Morgan fingerprint density at radius 1 is 1.67 bits per heavy atom. The molecule has 0 aromatic carbocycles. The number of rotatable bonds is 1. The van der Waals surface area contributed by atoms with Gasteiger partial charge in [-0.2, -0.15) is 0 Å². The van der Waals surface area contributed by atoms with Crippen molar-refractivity contribution >= 4 is 0 Å². The Hall–Kier alpha value is -0.300. The average molecular weight is 125 g/mol. The van der Waals surface area contributed by atoms with Gasteiger partial charge in [-0.15, -0.1) is 0 Å². The molecule has 0 radical (unpaired) electrons. The van der Waals surface area contributed by atoms with Crippen molar-refractivity contribution in [1.29, 1.82) is 0 Å². The molecule has 2 unspecified atom stereocenters. The topological polar surface area (TPSA) is 26.0 Å². The van der Waals surface area contributed by atoms with E-state index in [2.05, 4.69) is 19.1 Å². The zero-order valence-corrected chi connectivity index (χ0v) is 6.01. The fraction of sp³-hybridized carbons (Fsp3) is 0.750. The van der Waals surface area contributed by atoms with Crippen LogP contribution in [0.3, 0.4) is 0 Å². The van der Waals surface area contributed by atoms with Crippen LogP contribution in [0.25, 0.3) is 0 Å². The van der Waals surface area contributed by atoms with Gasteiger partial charge in [-0.05, 0) is 31.2 Å². The summed E-state index contributed by atoms with van der Waals surface area (Å²) in [7, 11) is 0. The van der Waals surface area contributed by atoms with Gasteiger partial charge in [-0.3, -0.25) is 0 Å². The molecule has 0 saturated carbocycles. The third kappa shape index (κ3) is 1.83. The van der Waals surface area contributed by atoms with Crippen molar-refractivity contribution in [3.63, 3.8) is 0 Å². The first-order valence-electron chi connectivity index (χ1n) is 3.69. The molecular weight excluding hydrogens is 110 g/mol. The van der Waals surface area contributed by atoms with Crippen molar-refractivity contribution in [3.05, 3.63) is 12.2 Å². The summed E-state index contributed by atoms with van der Waals surface area (Å²) < 4.78 is 0.